The Bertz CT molecular complexity index is 845. The van der Waals surface area contributed by atoms with Crippen LogP contribution in [0.25, 0.3) is 22.5 Å². The van der Waals surface area contributed by atoms with Crippen LogP contribution in [0.2, 0.25) is 0 Å². The van der Waals surface area contributed by atoms with Crippen molar-refractivity contribution in [1.29, 1.82) is 0 Å². The highest BCUT2D eigenvalue weighted by Crippen LogP contribution is 2.33. The normalized spacial score (nSPS) is 15.3. The first-order valence-corrected chi connectivity index (χ1v) is 7.78. The zero-order valence-corrected chi connectivity index (χ0v) is 12.9. The molecule has 0 unspecified atom stereocenters. The van der Waals surface area contributed by atoms with E-state index in [2.05, 4.69) is 5.10 Å². The Morgan fingerprint density at radius 3 is 2.91 bits per heavy atom. The van der Waals surface area contributed by atoms with E-state index in [4.69, 9.17) is 14.1 Å². The minimum Gasteiger partial charge on any atom is -0.465 e. The fourth-order valence-corrected chi connectivity index (χ4v) is 3.26. The van der Waals surface area contributed by atoms with Gasteiger partial charge in [0.25, 0.3) is 0 Å². The maximum absolute atomic E-state index is 12.2. The molecule has 0 radical (unpaired) electrons. The first-order valence-electron chi connectivity index (χ1n) is 7.78. The molecule has 0 atom stereocenters. The molecule has 0 aromatic carbocycles. The van der Waals surface area contributed by atoms with Gasteiger partial charge >= 0.3 is 5.97 Å². The lowest BCUT2D eigenvalue weighted by Crippen LogP contribution is -2.08. The van der Waals surface area contributed by atoms with E-state index < -0.39 is 5.97 Å². The highest BCUT2D eigenvalue weighted by molar-refractivity contribution is 6.03. The summed E-state index contributed by atoms with van der Waals surface area (Å²) in [7, 11) is 1.38. The van der Waals surface area contributed by atoms with Crippen molar-refractivity contribution in [3.63, 3.8) is 0 Å². The number of carbonyl (C=O) groups excluding carboxylic acids is 1. The van der Waals surface area contributed by atoms with Gasteiger partial charge in [0.15, 0.2) is 11.4 Å². The summed E-state index contributed by atoms with van der Waals surface area (Å²) < 4.78 is 12.3. The van der Waals surface area contributed by atoms with E-state index in [0.29, 0.717) is 28.7 Å². The zero-order chi connectivity index (χ0) is 15.8. The fraction of sp³-hybridized carbons (Fsp3) is 0.353. The minimum absolute atomic E-state index is 0.345. The van der Waals surface area contributed by atoms with Gasteiger partial charge in [0, 0.05) is 0 Å². The predicted octanol–water partition coefficient (Wildman–Crippen LogP) is 3.59. The van der Waals surface area contributed by atoms with Crippen LogP contribution in [0.5, 0.6) is 0 Å². The van der Waals surface area contributed by atoms with Crippen LogP contribution in [0.3, 0.4) is 0 Å². The van der Waals surface area contributed by atoms with Gasteiger partial charge in [-0.3, -0.25) is 0 Å². The summed E-state index contributed by atoms with van der Waals surface area (Å²) in [5.41, 5.74) is 1.79. The lowest BCUT2D eigenvalue weighted by atomic mass is 10.1. The Morgan fingerprint density at radius 2 is 2.22 bits per heavy atom. The smallest absolute Gasteiger partial charge is 0.338 e. The zero-order valence-electron chi connectivity index (χ0n) is 12.9. The Labute approximate surface area is 133 Å². The molecule has 4 rings (SSSR count). The van der Waals surface area contributed by atoms with Crippen molar-refractivity contribution < 1.29 is 13.9 Å². The first kappa shape index (κ1) is 14.0. The third-order valence-electron chi connectivity index (χ3n) is 4.42. The predicted molar refractivity (Wildman–Crippen MR) is 84.1 cm³/mol. The molecule has 3 aromatic rings. The number of hydrogen-bond acceptors (Lipinski definition) is 5. The molecular formula is C17H17N3O3. The number of ether oxygens (including phenoxy) is 1. The van der Waals surface area contributed by atoms with Gasteiger partial charge in [-0.2, -0.15) is 5.10 Å². The van der Waals surface area contributed by atoms with Crippen molar-refractivity contribution in [2.24, 2.45) is 0 Å². The van der Waals surface area contributed by atoms with Gasteiger partial charge in [0.2, 0.25) is 0 Å². The monoisotopic (exact) mass is 311 g/mol. The van der Waals surface area contributed by atoms with E-state index in [-0.39, 0.29) is 0 Å². The van der Waals surface area contributed by atoms with Crippen molar-refractivity contribution in [3.8, 4) is 11.5 Å². The molecule has 0 amide bonds. The van der Waals surface area contributed by atoms with Gasteiger partial charge in [-0.1, -0.05) is 12.8 Å². The SMILES string of the molecule is COC(=O)c1cc(-c2ccco2)nc2c1cnn2C1CCCC1. The Morgan fingerprint density at radius 1 is 1.39 bits per heavy atom. The molecule has 1 aliphatic rings. The molecule has 0 saturated heterocycles. The number of furan rings is 1. The van der Waals surface area contributed by atoms with Gasteiger partial charge in [0.1, 0.15) is 5.69 Å². The van der Waals surface area contributed by atoms with Gasteiger partial charge in [-0.15, -0.1) is 0 Å². The summed E-state index contributed by atoms with van der Waals surface area (Å²) in [6.07, 6.45) is 7.89. The standard InChI is InChI=1S/C17H17N3O3/c1-22-17(21)12-9-14(15-7-4-8-23-15)19-16-13(12)10-18-20(16)11-5-2-3-6-11/h4,7-11H,2-3,5-6H2,1H3. The largest absolute Gasteiger partial charge is 0.465 e. The van der Waals surface area contributed by atoms with Crippen LogP contribution in [0.4, 0.5) is 0 Å². The number of carbonyl (C=O) groups is 1. The van der Waals surface area contributed by atoms with Crippen molar-refractivity contribution in [1.82, 2.24) is 14.8 Å². The highest BCUT2D eigenvalue weighted by Gasteiger charge is 2.24. The first-order chi connectivity index (χ1) is 11.3. The molecule has 6 nitrogen and oxygen atoms in total. The van der Waals surface area contributed by atoms with Gasteiger partial charge < -0.3 is 9.15 Å². The van der Waals surface area contributed by atoms with Crippen LogP contribution in [0.1, 0.15) is 42.1 Å². The number of aromatic nitrogens is 3. The number of nitrogens with zero attached hydrogens (tertiary/aromatic N) is 3. The summed E-state index contributed by atoms with van der Waals surface area (Å²) >= 11 is 0. The maximum atomic E-state index is 12.2. The molecular weight excluding hydrogens is 294 g/mol. The second-order valence-corrected chi connectivity index (χ2v) is 5.79. The Balaban J connectivity index is 1.94. The lowest BCUT2D eigenvalue weighted by Gasteiger charge is -2.11. The van der Waals surface area contributed by atoms with E-state index in [1.54, 1.807) is 24.6 Å². The molecule has 6 heteroatoms. The summed E-state index contributed by atoms with van der Waals surface area (Å²) in [5, 5.41) is 5.21. The molecule has 0 bridgehead atoms. The average Bonchev–Trinajstić information content (AvgIpc) is 3.32. The van der Waals surface area contributed by atoms with E-state index >= 15 is 0 Å². The second kappa shape index (κ2) is 5.53. The van der Waals surface area contributed by atoms with Crippen LogP contribution < -0.4 is 0 Å². The summed E-state index contributed by atoms with van der Waals surface area (Å²) in [4.78, 5) is 16.9. The van der Waals surface area contributed by atoms with Crippen LogP contribution in [0.15, 0.2) is 35.1 Å². The van der Waals surface area contributed by atoms with Crippen LogP contribution in [-0.4, -0.2) is 27.8 Å². The maximum Gasteiger partial charge on any atom is 0.338 e. The number of hydrogen-bond donors (Lipinski definition) is 0. The van der Waals surface area contributed by atoms with Crippen molar-refractivity contribution >= 4 is 17.0 Å². The lowest BCUT2D eigenvalue weighted by molar-refractivity contribution is 0.0603. The molecule has 3 heterocycles. The van der Waals surface area contributed by atoms with Gasteiger partial charge in [0.05, 0.1) is 36.6 Å². The third-order valence-corrected chi connectivity index (χ3v) is 4.42. The molecule has 1 aliphatic carbocycles. The van der Waals surface area contributed by atoms with Crippen molar-refractivity contribution in [2.45, 2.75) is 31.7 Å². The Hall–Kier alpha value is -2.63. The van der Waals surface area contributed by atoms with Gasteiger partial charge in [-0.25, -0.2) is 14.5 Å². The van der Waals surface area contributed by atoms with Crippen LogP contribution in [-0.2, 0) is 4.74 Å². The highest BCUT2D eigenvalue weighted by atomic mass is 16.5. The average molecular weight is 311 g/mol. The molecule has 118 valence electrons. The molecule has 0 spiro atoms. The van der Waals surface area contributed by atoms with Crippen molar-refractivity contribution in [2.75, 3.05) is 7.11 Å². The quantitative estimate of drug-likeness (QED) is 0.691. The van der Waals surface area contributed by atoms with Crippen LogP contribution in [0, 0.1) is 0 Å². The summed E-state index contributed by atoms with van der Waals surface area (Å²) in [6, 6.07) is 5.67. The minimum atomic E-state index is -0.392. The number of pyridine rings is 1. The number of esters is 1. The molecule has 23 heavy (non-hydrogen) atoms. The Kier molecular flexibility index (Phi) is 3.37. The topological polar surface area (TPSA) is 70.2 Å². The number of rotatable bonds is 3. The molecule has 0 N–H and O–H groups in total. The van der Waals surface area contributed by atoms with Crippen LogP contribution >= 0.6 is 0 Å². The number of methoxy groups -OCH3 is 1. The molecule has 3 aromatic heterocycles. The molecule has 1 saturated carbocycles. The van der Waals surface area contributed by atoms with Gasteiger partial charge in [-0.05, 0) is 31.0 Å². The molecule has 1 fully saturated rings. The second-order valence-electron chi connectivity index (χ2n) is 5.79. The fourth-order valence-electron chi connectivity index (χ4n) is 3.26. The third kappa shape index (κ3) is 2.30. The number of fused-ring (bicyclic) bond motifs is 1. The van der Waals surface area contributed by atoms with E-state index in [1.165, 1.54) is 20.0 Å². The van der Waals surface area contributed by atoms with E-state index in [9.17, 15) is 4.79 Å². The molecule has 0 aliphatic heterocycles. The summed E-state index contributed by atoms with van der Waals surface area (Å²) in [5.74, 6) is 0.229. The van der Waals surface area contributed by atoms with Crippen molar-refractivity contribution in [3.05, 3.63) is 36.2 Å². The van der Waals surface area contributed by atoms with E-state index in [0.717, 1.165) is 18.2 Å². The van der Waals surface area contributed by atoms with E-state index in [1.807, 2.05) is 10.7 Å². The summed E-state index contributed by atoms with van der Waals surface area (Å²) in [6.45, 7) is 0.